The maximum Gasteiger partial charge on any atom is 0.283 e. The molecule has 0 radical (unpaired) electrons. The average Bonchev–Trinajstić information content (AvgIpc) is 3.33. The zero-order valence-electron chi connectivity index (χ0n) is 15.8. The van der Waals surface area contributed by atoms with Gasteiger partial charge in [-0.25, -0.2) is 0 Å². The first-order valence-electron chi connectivity index (χ1n) is 9.40. The summed E-state index contributed by atoms with van der Waals surface area (Å²) in [4.78, 5) is 16.6. The third kappa shape index (κ3) is 4.06. The number of thioether (sulfide) groups is 1. The lowest BCUT2D eigenvalue weighted by Crippen LogP contribution is -2.35. The second-order valence-corrected chi connectivity index (χ2v) is 8.10. The van der Waals surface area contributed by atoms with Crippen molar-refractivity contribution in [3.05, 3.63) is 52.8 Å². The van der Waals surface area contributed by atoms with Gasteiger partial charge in [-0.15, -0.1) is 0 Å². The summed E-state index contributed by atoms with van der Waals surface area (Å²) in [6.07, 6.45) is 5.64. The number of amidine groups is 2. The first kappa shape index (κ1) is 19.7. The summed E-state index contributed by atoms with van der Waals surface area (Å²) in [6, 6.07) is 10.9. The molecule has 1 aromatic carbocycles. The molecule has 0 spiro atoms. The van der Waals surface area contributed by atoms with Gasteiger partial charge in [0.2, 0.25) is 5.17 Å². The van der Waals surface area contributed by atoms with Crippen molar-refractivity contribution >= 4 is 51.4 Å². The first-order chi connectivity index (χ1) is 14.1. The van der Waals surface area contributed by atoms with E-state index >= 15 is 0 Å². The van der Waals surface area contributed by atoms with Crippen molar-refractivity contribution in [2.45, 2.75) is 32.6 Å². The van der Waals surface area contributed by atoms with Crippen LogP contribution in [0.2, 0.25) is 5.02 Å². The van der Waals surface area contributed by atoms with Crippen LogP contribution in [0.3, 0.4) is 0 Å². The van der Waals surface area contributed by atoms with Gasteiger partial charge >= 0.3 is 0 Å². The number of hydrogen-bond acceptors (Lipinski definition) is 5. The van der Waals surface area contributed by atoms with E-state index in [0.717, 1.165) is 36.3 Å². The fourth-order valence-electron chi connectivity index (χ4n) is 3.04. The first-order valence-corrected chi connectivity index (χ1v) is 10.6. The Hall–Kier alpha value is -2.64. The van der Waals surface area contributed by atoms with Crippen molar-refractivity contribution in [2.75, 3.05) is 0 Å². The predicted octanol–water partition coefficient (Wildman–Crippen LogP) is 5.80. The van der Waals surface area contributed by atoms with Crippen molar-refractivity contribution in [1.29, 1.82) is 5.41 Å². The minimum atomic E-state index is -0.463. The van der Waals surface area contributed by atoms with E-state index in [1.807, 2.05) is 18.2 Å². The highest BCUT2D eigenvalue weighted by atomic mass is 35.5. The number of hydrazone groups is 1. The Labute approximate surface area is 177 Å². The summed E-state index contributed by atoms with van der Waals surface area (Å²) in [7, 11) is 0. The number of nitrogens with zero attached hydrogens (tertiary/aromatic N) is 3. The highest BCUT2D eigenvalue weighted by molar-refractivity contribution is 8.26. The third-order valence-electron chi connectivity index (χ3n) is 4.54. The second-order valence-electron chi connectivity index (χ2n) is 6.65. The summed E-state index contributed by atoms with van der Waals surface area (Å²) in [5, 5.41) is 16.2. The molecular formula is C21H19ClN4O2S. The normalized spacial score (nSPS) is 17.6. The Bertz CT molecular complexity index is 1070. The summed E-state index contributed by atoms with van der Waals surface area (Å²) in [5.41, 5.74) is 0.911. The minimum absolute atomic E-state index is 0.00804. The van der Waals surface area contributed by atoms with Crippen LogP contribution in [0, 0.1) is 5.41 Å². The van der Waals surface area contributed by atoms with Crippen LogP contribution in [0.25, 0.3) is 17.4 Å². The number of halogens is 1. The number of nitrogens with one attached hydrogen (secondary N) is 1. The second kappa shape index (κ2) is 8.39. The Morgan fingerprint density at radius 3 is 2.86 bits per heavy atom. The Kier molecular flexibility index (Phi) is 5.69. The van der Waals surface area contributed by atoms with E-state index in [1.165, 1.54) is 22.8 Å². The molecule has 0 aliphatic carbocycles. The van der Waals surface area contributed by atoms with Crippen molar-refractivity contribution < 1.29 is 9.21 Å². The SMILES string of the molecule is CCCCCC1=NN2C(=N)/C(=C/c3ccc(-c4ccccc4Cl)o3)C(=O)N=C2S1. The number of unbranched alkanes of at least 4 members (excludes halogenated alkanes) is 2. The monoisotopic (exact) mass is 426 g/mol. The molecule has 1 amide bonds. The van der Waals surface area contributed by atoms with Gasteiger partial charge in [-0.3, -0.25) is 10.2 Å². The number of carbonyl (C=O) groups excluding carboxylic acids is 1. The van der Waals surface area contributed by atoms with Crippen molar-refractivity contribution in [2.24, 2.45) is 10.1 Å². The van der Waals surface area contributed by atoms with Gasteiger partial charge < -0.3 is 4.42 Å². The van der Waals surface area contributed by atoms with Gasteiger partial charge in [0.15, 0.2) is 5.84 Å². The number of aliphatic imine (C=N–C) groups is 1. The standard InChI is InChI=1S/C21H19ClN4O2S/c1-2-3-4-9-18-25-26-19(23)15(20(27)24-21(26)29-18)12-13-10-11-17(28-13)14-7-5-6-8-16(14)22/h5-8,10-12,23H,2-4,9H2,1H3/b15-12-,23-19?. The lowest BCUT2D eigenvalue weighted by Gasteiger charge is -2.19. The molecule has 0 bridgehead atoms. The van der Waals surface area contributed by atoms with Crippen LogP contribution in [0.1, 0.15) is 38.4 Å². The Morgan fingerprint density at radius 2 is 2.07 bits per heavy atom. The van der Waals surface area contributed by atoms with Crippen LogP contribution in [0.15, 0.2) is 56.5 Å². The fourth-order valence-corrected chi connectivity index (χ4v) is 4.19. The van der Waals surface area contributed by atoms with E-state index in [9.17, 15) is 4.79 Å². The van der Waals surface area contributed by atoms with Crippen LogP contribution in [0.4, 0.5) is 0 Å². The molecule has 2 aromatic rings. The number of amides is 1. The molecule has 2 aliphatic rings. The highest BCUT2D eigenvalue weighted by Gasteiger charge is 2.35. The zero-order chi connectivity index (χ0) is 20.4. The molecule has 2 aliphatic heterocycles. The Morgan fingerprint density at radius 1 is 1.24 bits per heavy atom. The smallest absolute Gasteiger partial charge is 0.283 e. The number of benzene rings is 1. The number of carbonyl (C=O) groups is 1. The summed E-state index contributed by atoms with van der Waals surface area (Å²) in [6.45, 7) is 2.15. The quantitative estimate of drug-likeness (QED) is 0.467. The van der Waals surface area contributed by atoms with Crippen LogP contribution < -0.4 is 0 Å². The predicted molar refractivity (Wildman–Crippen MR) is 118 cm³/mol. The summed E-state index contributed by atoms with van der Waals surface area (Å²) < 4.78 is 5.83. The average molecular weight is 427 g/mol. The van der Waals surface area contributed by atoms with E-state index < -0.39 is 5.91 Å². The van der Waals surface area contributed by atoms with Gasteiger partial charge in [-0.1, -0.05) is 43.5 Å². The van der Waals surface area contributed by atoms with Gasteiger partial charge in [0.05, 0.1) is 10.6 Å². The van der Waals surface area contributed by atoms with Gasteiger partial charge in [-0.2, -0.15) is 15.1 Å². The van der Waals surface area contributed by atoms with Crippen molar-refractivity contribution in [3.8, 4) is 11.3 Å². The van der Waals surface area contributed by atoms with Crippen molar-refractivity contribution in [1.82, 2.24) is 5.01 Å². The molecule has 0 atom stereocenters. The number of furan rings is 1. The Balaban J connectivity index is 1.57. The fraction of sp³-hybridized carbons (Fsp3) is 0.238. The lowest BCUT2D eigenvalue weighted by molar-refractivity contribution is -0.114. The molecule has 3 heterocycles. The molecule has 8 heteroatoms. The lowest BCUT2D eigenvalue weighted by atomic mass is 10.1. The molecule has 148 valence electrons. The number of fused-ring (bicyclic) bond motifs is 1. The molecule has 29 heavy (non-hydrogen) atoms. The topological polar surface area (TPSA) is 82.0 Å². The molecular weight excluding hydrogens is 408 g/mol. The van der Waals surface area contributed by atoms with Gasteiger partial charge in [0, 0.05) is 5.56 Å². The molecule has 1 aromatic heterocycles. The molecule has 0 saturated carbocycles. The van der Waals surface area contributed by atoms with E-state index in [0.29, 0.717) is 21.7 Å². The van der Waals surface area contributed by atoms with Gasteiger partial charge in [0.25, 0.3) is 5.91 Å². The molecule has 0 saturated heterocycles. The summed E-state index contributed by atoms with van der Waals surface area (Å²) >= 11 is 7.58. The van der Waals surface area contributed by atoms with Crippen LogP contribution in [-0.2, 0) is 4.79 Å². The molecule has 0 unspecified atom stereocenters. The largest absolute Gasteiger partial charge is 0.457 e. The maximum absolute atomic E-state index is 12.5. The van der Waals surface area contributed by atoms with Gasteiger partial charge in [0.1, 0.15) is 16.6 Å². The molecule has 1 N–H and O–H groups in total. The van der Waals surface area contributed by atoms with Crippen molar-refractivity contribution in [3.63, 3.8) is 0 Å². The van der Waals surface area contributed by atoms with Crippen LogP contribution >= 0.6 is 23.4 Å². The van der Waals surface area contributed by atoms with E-state index in [2.05, 4.69) is 17.0 Å². The van der Waals surface area contributed by atoms with E-state index in [-0.39, 0.29) is 11.4 Å². The summed E-state index contributed by atoms with van der Waals surface area (Å²) in [5.74, 6) is 0.586. The molecule has 4 rings (SSSR count). The maximum atomic E-state index is 12.5. The molecule has 0 fully saturated rings. The van der Waals surface area contributed by atoms with E-state index in [4.69, 9.17) is 21.4 Å². The zero-order valence-corrected chi connectivity index (χ0v) is 17.4. The minimum Gasteiger partial charge on any atom is -0.457 e. The van der Waals surface area contributed by atoms with Crippen LogP contribution in [-0.4, -0.2) is 27.0 Å². The molecule has 6 nitrogen and oxygen atoms in total. The number of hydrogen-bond donors (Lipinski definition) is 1. The van der Waals surface area contributed by atoms with Gasteiger partial charge in [-0.05, 0) is 54.9 Å². The number of rotatable bonds is 6. The highest BCUT2D eigenvalue weighted by Crippen LogP contribution is 2.32. The van der Waals surface area contributed by atoms with E-state index in [1.54, 1.807) is 18.2 Å². The van der Waals surface area contributed by atoms with Crippen LogP contribution in [0.5, 0.6) is 0 Å². The third-order valence-corrected chi connectivity index (χ3v) is 5.84.